The largest absolute Gasteiger partial charge is 0.490 e. The predicted molar refractivity (Wildman–Crippen MR) is 142 cm³/mol. The highest BCUT2D eigenvalue weighted by atomic mass is 19.4. The minimum Gasteiger partial charge on any atom is -0.436 e. The van der Waals surface area contributed by atoms with E-state index in [0.29, 0.717) is 38.9 Å². The Morgan fingerprint density at radius 1 is 0.925 bits per heavy atom. The summed E-state index contributed by atoms with van der Waals surface area (Å²) >= 11 is 0. The van der Waals surface area contributed by atoms with E-state index in [4.69, 9.17) is 16.0 Å². The average molecular weight is 541 g/mol. The molecule has 0 radical (unpaired) electrons. The van der Waals surface area contributed by atoms with Gasteiger partial charge in [0.05, 0.1) is 28.2 Å². The Balaban J connectivity index is 1.66. The number of nitrogens with zero attached hydrogens (tertiary/aromatic N) is 2. The van der Waals surface area contributed by atoms with Crippen molar-refractivity contribution in [1.29, 1.82) is 5.26 Å². The van der Waals surface area contributed by atoms with E-state index in [9.17, 15) is 22.8 Å². The van der Waals surface area contributed by atoms with Crippen molar-refractivity contribution in [3.63, 3.8) is 0 Å². The van der Waals surface area contributed by atoms with Crippen molar-refractivity contribution in [2.24, 2.45) is 5.73 Å². The number of aromatic nitrogens is 2. The Labute approximate surface area is 225 Å². The summed E-state index contributed by atoms with van der Waals surface area (Å²) in [5.41, 5.74) is 10.3. The van der Waals surface area contributed by atoms with Gasteiger partial charge in [-0.05, 0) is 29.3 Å². The highest BCUT2D eigenvalue weighted by Crippen LogP contribution is 2.36. The van der Waals surface area contributed by atoms with Crippen LogP contribution in [0.1, 0.15) is 17.4 Å². The third kappa shape index (κ3) is 5.18. The Morgan fingerprint density at radius 3 is 2.17 bits per heavy atom. The number of ether oxygens (including phenoxy) is 1. The molecule has 0 aliphatic rings. The van der Waals surface area contributed by atoms with Gasteiger partial charge in [0.2, 0.25) is 0 Å². The molecule has 40 heavy (non-hydrogen) atoms. The first kappa shape index (κ1) is 26.3. The summed E-state index contributed by atoms with van der Waals surface area (Å²) in [4.78, 5) is 31.8. The molecule has 3 N–H and O–H groups in total. The van der Waals surface area contributed by atoms with Crippen LogP contribution >= 0.6 is 0 Å². The Morgan fingerprint density at radius 2 is 1.55 bits per heavy atom. The second-order valence-corrected chi connectivity index (χ2v) is 8.81. The van der Waals surface area contributed by atoms with Crippen molar-refractivity contribution in [3.05, 3.63) is 113 Å². The number of pyridine rings is 2. The van der Waals surface area contributed by atoms with Gasteiger partial charge >= 0.3 is 12.1 Å². The first-order valence-electron chi connectivity index (χ1n) is 11.9. The number of hydrogen-bond donors (Lipinski definition) is 2. The van der Waals surface area contributed by atoms with Crippen LogP contribution in [0.5, 0.6) is 0 Å². The fourth-order valence-electron chi connectivity index (χ4n) is 4.26. The molecule has 0 bridgehead atoms. The third-order valence-electron chi connectivity index (χ3n) is 6.26. The monoisotopic (exact) mass is 540 g/mol. The zero-order valence-electron chi connectivity index (χ0n) is 20.6. The lowest BCUT2D eigenvalue weighted by Gasteiger charge is -2.16. The van der Waals surface area contributed by atoms with Crippen molar-refractivity contribution < 1.29 is 22.7 Å². The van der Waals surface area contributed by atoms with Crippen molar-refractivity contribution in [3.8, 4) is 39.6 Å². The summed E-state index contributed by atoms with van der Waals surface area (Å²) in [6, 6.07) is 26.0. The third-order valence-corrected chi connectivity index (χ3v) is 6.26. The molecule has 5 rings (SSSR count). The quantitative estimate of drug-likeness (QED) is 0.213. The van der Waals surface area contributed by atoms with Crippen molar-refractivity contribution in [2.45, 2.75) is 12.4 Å². The molecule has 0 saturated heterocycles. The van der Waals surface area contributed by atoms with Gasteiger partial charge in [-0.15, -0.1) is 0 Å². The Kier molecular flexibility index (Phi) is 6.90. The molecular weight excluding hydrogens is 521 g/mol. The molecule has 2 aromatic heterocycles. The number of nitriles is 1. The van der Waals surface area contributed by atoms with E-state index in [1.807, 2.05) is 30.3 Å². The minimum absolute atomic E-state index is 0.151. The number of H-pyrrole nitrogens is 1. The van der Waals surface area contributed by atoms with Crippen LogP contribution < -0.4 is 11.3 Å². The summed E-state index contributed by atoms with van der Waals surface area (Å²) in [5, 5.41) is 9.50. The van der Waals surface area contributed by atoms with E-state index >= 15 is 0 Å². The van der Waals surface area contributed by atoms with Gasteiger partial charge in [0.1, 0.15) is 0 Å². The number of alkyl halides is 3. The molecule has 7 nitrogen and oxygen atoms in total. The SMILES string of the molecule is N#Cc1ccc(-c2c[nH]c(=O)c3cc(-c4ccccc4)c(-c4ccc(C(N)OC(=O)C(F)(F)F)cc4)nc23)cc1. The zero-order valence-corrected chi connectivity index (χ0v) is 20.6. The lowest BCUT2D eigenvalue weighted by Crippen LogP contribution is -2.29. The number of nitrogens with two attached hydrogens (primary N) is 1. The number of benzene rings is 3. The van der Waals surface area contributed by atoms with Gasteiger partial charge in [-0.1, -0.05) is 66.7 Å². The normalized spacial score (nSPS) is 12.1. The van der Waals surface area contributed by atoms with E-state index in [-0.39, 0.29) is 11.1 Å². The van der Waals surface area contributed by atoms with Crippen molar-refractivity contribution in [2.75, 3.05) is 0 Å². The van der Waals surface area contributed by atoms with Gasteiger partial charge < -0.3 is 9.72 Å². The second kappa shape index (κ2) is 10.5. The van der Waals surface area contributed by atoms with Crippen LogP contribution in [0.2, 0.25) is 0 Å². The number of hydrogen-bond acceptors (Lipinski definition) is 6. The number of esters is 1. The van der Waals surface area contributed by atoms with Crippen LogP contribution in [-0.2, 0) is 9.53 Å². The van der Waals surface area contributed by atoms with Gasteiger partial charge in [-0.2, -0.15) is 18.4 Å². The maximum Gasteiger partial charge on any atom is 0.490 e. The minimum atomic E-state index is -5.17. The highest BCUT2D eigenvalue weighted by molar-refractivity contribution is 5.98. The maximum absolute atomic E-state index is 12.9. The number of fused-ring (bicyclic) bond motifs is 1. The molecule has 5 aromatic rings. The van der Waals surface area contributed by atoms with Gasteiger partial charge in [-0.25, -0.2) is 9.78 Å². The standard InChI is InChI=1S/C30H19F3N4O3/c31-30(32,33)29(39)40-27(35)21-12-10-20(11-13-21)25-22(18-4-2-1-3-5-18)14-23-26(37-25)24(16-36-28(23)38)19-8-6-17(15-34)7-9-19/h1-14,16,27H,35H2,(H,36,38). The summed E-state index contributed by atoms with van der Waals surface area (Å²) in [6.07, 6.45) is -5.23. The fraction of sp³-hybridized carbons (Fsp3) is 0.0667. The molecule has 0 fully saturated rings. The summed E-state index contributed by atoms with van der Waals surface area (Å²) in [7, 11) is 0. The lowest BCUT2D eigenvalue weighted by molar-refractivity contribution is -0.205. The van der Waals surface area contributed by atoms with E-state index in [1.165, 1.54) is 12.1 Å². The van der Waals surface area contributed by atoms with Gasteiger partial charge in [0.15, 0.2) is 6.23 Å². The molecule has 1 unspecified atom stereocenters. The lowest BCUT2D eigenvalue weighted by atomic mass is 9.95. The van der Waals surface area contributed by atoms with Crippen LogP contribution in [0.3, 0.4) is 0 Å². The predicted octanol–water partition coefficient (Wildman–Crippen LogP) is 5.86. The first-order valence-corrected chi connectivity index (χ1v) is 11.9. The maximum atomic E-state index is 12.9. The van der Waals surface area contributed by atoms with E-state index in [2.05, 4.69) is 15.8 Å². The summed E-state index contributed by atoms with van der Waals surface area (Å²) in [5.74, 6) is -2.38. The number of carbonyl (C=O) groups is 1. The van der Waals surface area contributed by atoms with Crippen LogP contribution in [0.25, 0.3) is 44.4 Å². The molecular formula is C30H19F3N4O3. The van der Waals surface area contributed by atoms with Crippen LogP contribution in [0, 0.1) is 11.3 Å². The number of nitrogens with one attached hydrogen (secondary N) is 1. The number of halogens is 3. The van der Waals surface area contributed by atoms with Gasteiger partial charge in [0.25, 0.3) is 5.56 Å². The van der Waals surface area contributed by atoms with Crippen LogP contribution in [-0.4, -0.2) is 22.1 Å². The molecule has 1 atom stereocenters. The van der Waals surface area contributed by atoms with Crippen LogP contribution in [0.15, 0.2) is 95.9 Å². The molecule has 3 aromatic carbocycles. The van der Waals surface area contributed by atoms with Gasteiger partial charge in [0, 0.05) is 28.5 Å². The molecule has 0 amide bonds. The summed E-state index contributed by atoms with van der Waals surface area (Å²) in [6.45, 7) is 0. The fourth-order valence-corrected chi connectivity index (χ4v) is 4.26. The Bertz CT molecular complexity index is 1810. The molecule has 0 spiro atoms. The zero-order chi connectivity index (χ0) is 28.4. The number of aromatic amines is 1. The molecule has 0 aliphatic carbocycles. The second-order valence-electron chi connectivity index (χ2n) is 8.81. The molecule has 0 aliphatic heterocycles. The van der Waals surface area contributed by atoms with E-state index in [1.54, 1.807) is 48.7 Å². The van der Waals surface area contributed by atoms with Crippen LogP contribution in [0.4, 0.5) is 13.2 Å². The first-order chi connectivity index (χ1) is 19.2. The van der Waals surface area contributed by atoms with Crippen molar-refractivity contribution >= 4 is 16.9 Å². The summed E-state index contributed by atoms with van der Waals surface area (Å²) < 4.78 is 42.1. The van der Waals surface area contributed by atoms with E-state index < -0.39 is 18.4 Å². The van der Waals surface area contributed by atoms with E-state index in [0.717, 1.165) is 11.1 Å². The molecule has 198 valence electrons. The molecule has 0 saturated carbocycles. The average Bonchev–Trinajstić information content (AvgIpc) is 2.97. The van der Waals surface area contributed by atoms with Crippen molar-refractivity contribution in [1.82, 2.24) is 9.97 Å². The van der Waals surface area contributed by atoms with Gasteiger partial charge in [-0.3, -0.25) is 10.5 Å². The highest BCUT2D eigenvalue weighted by Gasteiger charge is 2.42. The Hall–Kier alpha value is -5.27. The molecule has 2 heterocycles. The number of carbonyl (C=O) groups excluding carboxylic acids is 1. The smallest absolute Gasteiger partial charge is 0.436 e. The topological polar surface area (TPSA) is 122 Å². The number of rotatable bonds is 5. The molecule has 10 heteroatoms.